The maximum atomic E-state index is 8.86. The van der Waals surface area contributed by atoms with Crippen LogP contribution in [0, 0.1) is 13.8 Å². The number of benzene rings is 1. The maximum Gasteiger partial charge on any atom is 0.138 e. The van der Waals surface area contributed by atoms with Crippen LogP contribution in [0.15, 0.2) is 29.9 Å². The molecular formula is C19H23N3OS. The summed E-state index contributed by atoms with van der Waals surface area (Å²) in [4.78, 5) is 9.90. The molecule has 0 atom stereocenters. The Morgan fingerprint density at radius 1 is 1.08 bits per heavy atom. The van der Waals surface area contributed by atoms with Gasteiger partial charge in [-0.15, -0.1) is 11.3 Å². The van der Waals surface area contributed by atoms with Crippen molar-refractivity contribution in [1.29, 1.82) is 0 Å². The summed E-state index contributed by atoms with van der Waals surface area (Å²) in [5.74, 6) is 0.903. The number of anilines is 1. The minimum atomic E-state index is 0.263. The van der Waals surface area contributed by atoms with Crippen LogP contribution in [0.3, 0.4) is 0 Å². The van der Waals surface area contributed by atoms with E-state index in [4.69, 9.17) is 5.11 Å². The topological polar surface area (TPSA) is 58.0 Å². The number of thiophene rings is 1. The van der Waals surface area contributed by atoms with Crippen LogP contribution in [0.2, 0.25) is 0 Å². The Labute approximate surface area is 146 Å². The lowest BCUT2D eigenvalue weighted by atomic mass is 9.99. The normalized spacial score (nSPS) is 11.1. The van der Waals surface area contributed by atoms with Gasteiger partial charge in [0.05, 0.1) is 5.39 Å². The third-order valence-electron chi connectivity index (χ3n) is 4.17. The van der Waals surface area contributed by atoms with Crippen LogP contribution >= 0.6 is 11.3 Å². The van der Waals surface area contributed by atoms with E-state index in [1.807, 2.05) is 0 Å². The number of aliphatic hydroxyl groups is 1. The van der Waals surface area contributed by atoms with Crippen molar-refractivity contribution >= 4 is 27.4 Å². The third kappa shape index (κ3) is 3.57. The van der Waals surface area contributed by atoms with E-state index >= 15 is 0 Å². The van der Waals surface area contributed by atoms with E-state index in [-0.39, 0.29) is 6.61 Å². The lowest BCUT2D eigenvalue weighted by Gasteiger charge is -2.10. The summed E-state index contributed by atoms with van der Waals surface area (Å²) in [7, 11) is 0. The van der Waals surface area contributed by atoms with Gasteiger partial charge in [0.1, 0.15) is 17.0 Å². The molecule has 0 aliphatic rings. The minimum Gasteiger partial charge on any atom is -0.396 e. The molecule has 2 aromatic heterocycles. The summed E-state index contributed by atoms with van der Waals surface area (Å²) in [6.07, 6.45) is 4.52. The molecule has 2 heterocycles. The Kier molecular flexibility index (Phi) is 5.43. The van der Waals surface area contributed by atoms with Gasteiger partial charge in [-0.25, -0.2) is 9.97 Å². The molecular weight excluding hydrogens is 318 g/mol. The molecule has 4 nitrogen and oxygen atoms in total. The van der Waals surface area contributed by atoms with Crippen molar-refractivity contribution in [2.75, 3.05) is 18.5 Å². The van der Waals surface area contributed by atoms with Crippen molar-refractivity contribution in [3.63, 3.8) is 0 Å². The van der Waals surface area contributed by atoms with Crippen molar-refractivity contribution in [3.8, 4) is 11.1 Å². The highest BCUT2D eigenvalue weighted by atomic mass is 32.1. The average molecular weight is 341 g/mol. The summed E-state index contributed by atoms with van der Waals surface area (Å²) in [5.41, 5.74) is 4.98. The fourth-order valence-electron chi connectivity index (χ4n) is 2.94. The largest absolute Gasteiger partial charge is 0.396 e. The van der Waals surface area contributed by atoms with E-state index in [2.05, 4.69) is 52.7 Å². The number of unbranched alkanes of at least 4 members (excludes halogenated alkanes) is 2. The van der Waals surface area contributed by atoms with Crippen LogP contribution in [-0.4, -0.2) is 28.2 Å². The Morgan fingerprint density at radius 3 is 2.75 bits per heavy atom. The van der Waals surface area contributed by atoms with E-state index < -0.39 is 0 Å². The van der Waals surface area contributed by atoms with E-state index in [9.17, 15) is 0 Å². The third-order valence-corrected chi connectivity index (χ3v) is 5.06. The summed E-state index contributed by atoms with van der Waals surface area (Å²) in [5, 5.41) is 15.6. The predicted octanol–water partition coefficient (Wildman–Crippen LogP) is 4.55. The summed E-state index contributed by atoms with van der Waals surface area (Å²) >= 11 is 1.66. The highest BCUT2D eigenvalue weighted by Crippen LogP contribution is 2.37. The second-order valence-corrected chi connectivity index (χ2v) is 6.94. The molecule has 2 N–H and O–H groups in total. The first-order chi connectivity index (χ1) is 11.7. The van der Waals surface area contributed by atoms with Crippen LogP contribution in [0.4, 0.5) is 5.82 Å². The molecule has 3 aromatic rings. The monoisotopic (exact) mass is 341 g/mol. The molecule has 0 aliphatic carbocycles. The lowest BCUT2D eigenvalue weighted by Crippen LogP contribution is -2.04. The van der Waals surface area contributed by atoms with E-state index in [0.717, 1.165) is 41.8 Å². The van der Waals surface area contributed by atoms with Crippen LogP contribution in [0.25, 0.3) is 21.3 Å². The number of aliphatic hydroxyl groups excluding tert-OH is 1. The predicted molar refractivity (Wildman–Crippen MR) is 102 cm³/mol. The number of nitrogens with zero attached hydrogens (tertiary/aromatic N) is 2. The molecule has 0 unspecified atom stereocenters. The number of hydrogen-bond donors (Lipinski definition) is 2. The van der Waals surface area contributed by atoms with Gasteiger partial charge in [-0.05, 0) is 44.2 Å². The molecule has 3 rings (SSSR count). The molecule has 5 heteroatoms. The number of hydrogen-bond acceptors (Lipinski definition) is 5. The number of aryl methyl sites for hydroxylation is 2. The quantitative estimate of drug-likeness (QED) is 0.619. The van der Waals surface area contributed by atoms with Crippen molar-refractivity contribution in [2.45, 2.75) is 33.1 Å². The average Bonchev–Trinajstić information content (AvgIpc) is 2.99. The van der Waals surface area contributed by atoms with E-state index in [0.29, 0.717) is 0 Å². The van der Waals surface area contributed by atoms with Gasteiger partial charge in [-0.3, -0.25) is 0 Å². The first kappa shape index (κ1) is 16.9. The zero-order chi connectivity index (χ0) is 16.9. The minimum absolute atomic E-state index is 0.263. The molecule has 0 aliphatic heterocycles. The molecule has 126 valence electrons. The van der Waals surface area contributed by atoms with Gasteiger partial charge in [0.2, 0.25) is 0 Å². The first-order valence-corrected chi connectivity index (χ1v) is 9.23. The van der Waals surface area contributed by atoms with Gasteiger partial charge in [0.25, 0.3) is 0 Å². The van der Waals surface area contributed by atoms with Crippen molar-refractivity contribution in [3.05, 3.63) is 41.0 Å². The van der Waals surface area contributed by atoms with Crippen LogP contribution in [-0.2, 0) is 0 Å². The molecule has 24 heavy (non-hydrogen) atoms. The van der Waals surface area contributed by atoms with Crippen LogP contribution < -0.4 is 5.32 Å². The lowest BCUT2D eigenvalue weighted by molar-refractivity contribution is 0.283. The number of nitrogens with one attached hydrogen (secondary N) is 1. The fourth-order valence-corrected chi connectivity index (χ4v) is 3.85. The Hall–Kier alpha value is -1.98. The van der Waals surface area contributed by atoms with E-state index in [1.165, 1.54) is 22.3 Å². The zero-order valence-electron chi connectivity index (χ0n) is 14.2. The maximum absolute atomic E-state index is 8.86. The number of aromatic nitrogens is 2. The Morgan fingerprint density at radius 2 is 1.96 bits per heavy atom. The molecule has 0 saturated carbocycles. The van der Waals surface area contributed by atoms with Gasteiger partial charge >= 0.3 is 0 Å². The SMILES string of the molecule is Cc1ccc(-c2csc3ncnc(NCCCCCO)c23)c(C)c1. The Balaban J connectivity index is 1.92. The molecule has 0 fully saturated rings. The summed E-state index contributed by atoms with van der Waals surface area (Å²) in [6.45, 7) is 5.38. The van der Waals surface area contributed by atoms with E-state index in [1.54, 1.807) is 17.7 Å². The fraction of sp³-hybridized carbons (Fsp3) is 0.368. The second kappa shape index (κ2) is 7.73. The van der Waals surface area contributed by atoms with Gasteiger partial charge in [-0.2, -0.15) is 0 Å². The molecule has 1 aromatic carbocycles. The van der Waals surface area contributed by atoms with Gasteiger partial charge in [0.15, 0.2) is 0 Å². The molecule has 0 saturated heterocycles. The smallest absolute Gasteiger partial charge is 0.138 e. The molecule has 0 spiro atoms. The summed E-state index contributed by atoms with van der Waals surface area (Å²) in [6, 6.07) is 6.55. The highest BCUT2D eigenvalue weighted by molar-refractivity contribution is 7.17. The van der Waals surface area contributed by atoms with Crippen LogP contribution in [0.5, 0.6) is 0 Å². The second-order valence-electron chi connectivity index (χ2n) is 6.08. The van der Waals surface area contributed by atoms with Crippen molar-refractivity contribution < 1.29 is 5.11 Å². The van der Waals surface area contributed by atoms with Crippen molar-refractivity contribution in [1.82, 2.24) is 9.97 Å². The number of fused-ring (bicyclic) bond motifs is 1. The number of rotatable bonds is 7. The molecule has 0 bridgehead atoms. The zero-order valence-corrected chi connectivity index (χ0v) is 15.0. The Bertz CT molecular complexity index is 829. The molecule has 0 radical (unpaired) electrons. The van der Waals surface area contributed by atoms with Gasteiger partial charge in [-0.1, -0.05) is 23.8 Å². The first-order valence-electron chi connectivity index (χ1n) is 8.35. The van der Waals surface area contributed by atoms with Crippen molar-refractivity contribution in [2.24, 2.45) is 0 Å². The van der Waals surface area contributed by atoms with Gasteiger partial charge in [0, 0.05) is 24.1 Å². The van der Waals surface area contributed by atoms with Gasteiger partial charge < -0.3 is 10.4 Å². The molecule has 0 amide bonds. The highest BCUT2D eigenvalue weighted by Gasteiger charge is 2.14. The van der Waals surface area contributed by atoms with Crippen LogP contribution in [0.1, 0.15) is 30.4 Å². The summed E-state index contributed by atoms with van der Waals surface area (Å²) < 4.78 is 0. The standard InChI is InChI=1S/C19H23N3OS/c1-13-6-7-15(14(2)10-13)16-11-24-19-17(16)18(21-12-22-19)20-8-4-3-5-9-23/h6-7,10-12,23H,3-5,8-9H2,1-2H3,(H,20,21,22).